The van der Waals surface area contributed by atoms with E-state index in [4.69, 9.17) is 0 Å². The first kappa shape index (κ1) is 27.4. The van der Waals surface area contributed by atoms with Crippen LogP contribution in [0, 0.1) is 0 Å². The van der Waals surface area contributed by atoms with E-state index in [9.17, 15) is 9.59 Å². The summed E-state index contributed by atoms with van der Waals surface area (Å²) in [6.07, 6.45) is 7.85. The number of amides is 3. The van der Waals surface area contributed by atoms with Gasteiger partial charge in [-0.15, -0.1) is 0 Å². The molecule has 0 aliphatic carbocycles. The average molecular weight is 579 g/mol. The fourth-order valence-electron chi connectivity index (χ4n) is 6.80. The summed E-state index contributed by atoms with van der Waals surface area (Å²) in [6, 6.07) is 16.6. The van der Waals surface area contributed by atoms with Crippen molar-refractivity contribution in [1.29, 1.82) is 0 Å². The second kappa shape index (κ2) is 11.7. The Morgan fingerprint density at radius 2 is 1.70 bits per heavy atom. The Labute approximate surface area is 251 Å². The molecule has 222 valence electrons. The Kier molecular flexibility index (Phi) is 7.44. The van der Waals surface area contributed by atoms with Crippen LogP contribution in [-0.2, 0) is 17.8 Å². The van der Waals surface area contributed by atoms with Gasteiger partial charge in [0.2, 0.25) is 5.91 Å². The molecule has 7 rings (SSSR count). The molecular weight excluding hydrogens is 540 g/mol. The SMILES string of the molecule is CN1CCN(c2ccccc2-c2cn(CC(=O)N3CCC(N4CCc5ccccc5NC4=O)CC3)c3ncncc23)CC1. The van der Waals surface area contributed by atoms with E-state index in [1.54, 1.807) is 6.33 Å². The van der Waals surface area contributed by atoms with Crippen molar-refractivity contribution in [2.45, 2.75) is 31.8 Å². The molecule has 2 saturated heterocycles. The van der Waals surface area contributed by atoms with Crippen molar-refractivity contribution in [2.75, 3.05) is 63.1 Å². The fourth-order valence-corrected chi connectivity index (χ4v) is 6.80. The van der Waals surface area contributed by atoms with E-state index < -0.39 is 0 Å². The number of nitrogens with zero attached hydrogens (tertiary/aromatic N) is 7. The number of nitrogens with one attached hydrogen (secondary N) is 1. The molecule has 1 N–H and O–H groups in total. The van der Waals surface area contributed by atoms with Crippen LogP contribution in [0.25, 0.3) is 22.2 Å². The smallest absolute Gasteiger partial charge is 0.322 e. The Morgan fingerprint density at radius 1 is 0.930 bits per heavy atom. The van der Waals surface area contributed by atoms with E-state index in [1.165, 1.54) is 11.3 Å². The second-order valence-corrected chi connectivity index (χ2v) is 11.9. The number of carbonyl (C=O) groups excluding carboxylic acids is 2. The lowest BCUT2D eigenvalue weighted by atomic mass is 10.0. The third-order valence-corrected chi connectivity index (χ3v) is 9.28. The Balaban J connectivity index is 1.06. The molecule has 3 aliphatic rings. The maximum atomic E-state index is 13.6. The highest BCUT2D eigenvalue weighted by Gasteiger charge is 2.31. The first-order valence-electron chi connectivity index (χ1n) is 15.3. The number of para-hydroxylation sites is 2. The van der Waals surface area contributed by atoms with Crippen LogP contribution in [-0.4, -0.2) is 100 Å². The van der Waals surface area contributed by atoms with Gasteiger partial charge in [-0.2, -0.15) is 0 Å². The summed E-state index contributed by atoms with van der Waals surface area (Å²) in [4.78, 5) is 44.3. The zero-order valence-electron chi connectivity index (χ0n) is 24.7. The van der Waals surface area contributed by atoms with Crippen molar-refractivity contribution in [3.05, 3.63) is 72.8 Å². The summed E-state index contributed by atoms with van der Waals surface area (Å²) in [7, 11) is 2.17. The normalized spacial score (nSPS) is 18.4. The summed E-state index contributed by atoms with van der Waals surface area (Å²) in [5.74, 6) is 0.0700. The van der Waals surface area contributed by atoms with Crippen LogP contribution in [0.2, 0.25) is 0 Å². The summed E-state index contributed by atoms with van der Waals surface area (Å²) in [5, 5.41) is 4.03. The van der Waals surface area contributed by atoms with Gasteiger partial charge in [-0.25, -0.2) is 14.8 Å². The zero-order chi connectivity index (χ0) is 29.3. The van der Waals surface area contributed by atoms with Crippen LogP contribution < -0.4 is 10.2 Å². The number of likely N-dealkylation sites (tertiary alicyclic amines) is 1. The maximum absolute atomic E-state index is 13.6. The molecule has 5 heterocycles. The fraction of sp³-hybridized carbons (Fsp3) is 0.394. The topological polar surface area (TPSA) is 89.8 Å². The molecule has 2 aromatic heterocycles. The van der Waals surface area contributed by atoms with Gasteiger partial charge in [0.15, 0.2) is 0 Å². The van der Waals surface area contributed by atoms with Gasteiger partial charge in [0.05, 0.1) is 0 Å². The van der Waals surface area contributed by atoms with Crippen molar-refractivity contribution in [3.8, 4) is 11.1 Å². The molecule has 43 heavy (non-hydrogen) atoms. The first-order chi connectivity index (χ1) is 21.0. The minimum absolute atomic E-state index is 0.0439. The van der Waals surface area contributed by atoms with Gasteiger partial charge in [0.25, 0.3) is 0 Å². The molecular formula is C33H38N8O2. The van der Waals surface area contributed by atoms with Gasteiger partial charge >= 0.3 is 6.03 Å². The molecule has 0 saturated carbocycles. The van der Waals surface area contributed by atoms with E-state index in [0.717, 1.165) is 73.3 Å². The molecule has 3 amide bonds. The number of piperazine rings is 1. The second-order valence-electron chi connectivity index (χ2n) is 11.9. The van der Waals surface area contributed by atoms with Crippen molar-refractivity contribution in [2.24, 2.45) is 0 Å². The summed E-state index contributed by atoms with van der Waals surface area (Å²) >= 11 is 0. The molecule has 3 aliphatic heterocycles. The zero-order valence-corrected chi connectivity index (χ0v) is 24.7. The predicted octanol–water partition coefficient (Wildman–Crippen LogP) is 3.93. The number of fused-ring (bicyclic) bond motifs is 2. The number of hydrogen-bond acceptors (Lipinski definition) is 6. The van der Waals surface area contributed by atoms with Gasteiger partial charge in [0.1, 0.15) is 18.5 Å². The molecule has 0 bridgehead atoms. The number of carbonyl (C=O) groups is 2. The van der Waals surface area contributed by atoms with E-state index in [2.05, 4.69) is 68.7 Å². The van der Waals surface area contributed by atoms with Crippen molar-refractivity contribution in [1.82, 2.24) is 29.2 Å². The number of urea groups is 1. The van der Waals surface area contributed by atoms with Gasteiger partial charge in [0, 0.05) is 92.1 Å². The van der Waals surface area contributed by atoms with E-state index in [0.29, 0.717) is 19.6 Å². The van der Waals surface area contributed by atoms with Crippen molar-refractivity contribution in [3.63, 3.8) is 0 Å². The molecule has 10 heteroatoms. The minimum Gasteiger partial charge on any atom is -0.368 e. The average Bonchev–Trinajstić information content (AvgIpc) is 3.30. The quantitative estimate of drug-likeness (QED) is 0.386. The largest absolute Gasteiger partial charge is 0.368 e. The van der Waals surface area contributed by atoms with Crippen LogP contribution in [0.5, 0.6) is 0 Å². The molecule has 0 radical (unpaired) electrons. The van der Waals surface area contributed by atoms with Gasteiger partial charge in [-0.05, 0) is 44.0 Å². The summed E-state index contributed by atoms with van der Waals surface area (Å²) < 4.78 is 1.97. The monoisotopic (exact) mass is 578 g/mol. The summed E-state index contributed by atoms with van der Waals surface area (Å²) in [5.41, 5.74) is 6.21. The number of likely N-dealkylation sites (N-methyl/N-ethyl adjacent to an activating group) is 1. The molecule has 4 aromatic rings. The third-order valence-electron chi connectivity index (χ3n) is 9.28. The highest BCUT2D eigenvalue weighted by Crippen LogP contribution is 2.36. The molecule has 0 atom stereocenters. The number of rotatable bonds is 5. The Bertz CT molecular complexity index is 1630. The third kappa shape index (κ3) is 5.43. The minimum atomic E-state index is -0.0439. The Hall–Kier alpha value is -4.44. The molecule has 0 spiro atoms. The standard InChI is InChI=1S/C33H38N8O2/c1-37-16-18-38(19-17-37)30-9-5-3-7-26(30)28-21-40(32-27(28)20-34-23-35-32)22-31(42)39-13-11-25(12-14-39)41-15-10-24-6-2-4-8-29(24)36-33(41)43/h2-9,20-21,23,25H,10-19,22H2,1H3,(H,36,43). The van der Waals surface area contributed by atoms with Crippen molar-refractivity contribution >= 4 is 34.3 Å². The maximum Gasteiger partial charge on any atom is 0.322 e. The molecule has 0 unspecified atom stereocenters. The van der Waals surface area contributed by atoms with Gasteiger partial charge in [-0.3, -0.25) is 4.79 Å². The Morgan fingerprint density at radius 3 is 2.53 bits per heavy atom. The van der Waals surface area contributed by atoms with Crippen LogP contribution >= 0.6 is 0 Å². The first-order valence-corrected chi connectivity index (χ1v) is 15.3. The molecule has 2 fully saturated rings. The number of anilines is 2. The number of hydrogen-bond donors (Lipinski definition) is 1. The van der Waals surface area contributed by atoms with Crippen LogP contribution in [0.3, 0.4) is 0 Å². The van der Waals surface area contributed by atoms with Gasteiger partial charge < -0.3 is 29.5 Å². The van der Waals surface area contributed by atoms with Crippen LogP contribution in [0.15, 0.2) is 67.3 Å². The van der Waals surface area contributed by atoms with E-state index >= 15 is 0 Å². The van der Waals surface area contributed by atoms with Crippen LogP contribution in [0.1, 0.15) is 18.4 Å². The van der Waals surface area contributed by atoms with E-state index in [1.807, 2.05) is 38.8 Å². The van der Waals surface area contributed by atoms with E-state index in [-0.39, 0.29) is 24.5 Å². The highest BCUT2D eigenvalue weighted by atomic mass is 16.2. The van der Waals surface area contributed by atoms with Crippen molar-refractivity contribution < 1.29 is 9.59 Å². The highest BCUT2D eigenvalue weighted by molar-refractivity contribution is 5.98. The number of piperidine rings is 1. The molecule has 2 aromatic carbocycles. The lowest BCUT2D eigenvalue weighted by molar-refractivity contribution is -0.133. The lowest BCUT2D eigenvalue weighted by Gasteiger charge is -2.38. The van der Waals surface area contributed by atoms with Crippen LogP contribution in [0.4, 0.5) is 16.2 Å². The molecule has 10 nitrogen and oxygen atoms in total. The van der Waals surface area contributed by atoms with Gasteiger partial charge in [-0.1, -0.05) is 36.4 Å². The predicted molar refractivity (Wildman–Crippen MR) is 168 cm³/mol. The number of aromatic nitrogens is 3. The summed E-state index contributed by atoms with van der Waals surface area (Å²) in [6.45, 7) is 6.18. The lowest BCUT2D eigenvalue weighted by Crippen LogP contribution is -2.50. The number of benzene rings is 2.